The molecular formula is C34H28F2N4O3. The Morgan fingerprint density at radius 2 is 1.77 bits per heavy atom. The molecule has 216 valence electrons. The number of nitrogens with two attached hydrogens (primary N) is 1. The summed E-state index contributed by atoms with van der Waals surface area (Å²) in [5.74, 6) is -0.0869. The summed E-state index contributed by atoms with van der Waals surface area (Å²) in [4.78, 5) is 31.1. The quantitative estimate of drug-likeness (QED) is 0.243. The van der Waals surface area contributed by atoms with Crippen molar-refractivity contribution >= 4 is 28.6 Å². The predicted octanol–water partition coefficient (Wildman–Crippen LogP) is 6.10. The van der Waals surface area contributed by atoms with Crippen molar-refractivity contribution in [3.05, 3.63) is 108 Å². The van der Waals surface area contributed by atoms with Crippen LogP contribution < -0.4 is 11.1 Å². The maximum atomic E-state index is 13.8. The Morgan fingerprint density at radius 1 is 1.02 bits per heavy atom. The van der Waals surface area contributed by atoms with Gasteiger partial charge in [0.1, 0.15) is 29.2 Å². The van der Waals surface area contributed by atoms with E-state index < -0.39 is 6.17 Å². The van der Waals surface area contributed by atoms with Gasteiger partial charge in [-0.05, 0) is 83.1 Å². The van der Waals surface area contributed by atoms with E-state index in [2.05, 4.69) is 10.3 Å². The fraction of sp³-hybridized carbons (Fsp3) is 0.206. The fourth-order valence-corrected chi connectivity index (χ4v) is 5.59. The molecule has 7 nitrogen and oxygen atoms in total. The Labute approximate surface area is 247 Å². The van der Waals surface area contributed by atoms with Crippen molar-refractivity contribution in [1.29, 1.82) is 0 Å². The number of rotatable bonds is 7. The number of pyridine rings is 1. The first-order chi connectivity index (χ1) is 21.2. The van der Waals surface area contributed by atoms with Gasteiger partial charge in [-0.1, -0.05) is 30.3 Å². The third-order valence-corrected chi connectivity index (χ3v) is 8.12. The number of alkyl halides is 1. The number of anilines is 1. The molecule has 2 unspecified atom stereocenters. The summed E-state index contributed by atoms with van der Waals surface area (Å²) in [6, 6.07) is 20.5. The summed E-state index contributed by atoms with van der Waals surface area (Å²) in [5, 5.41) is 3.46. The molecule has 0 radical (unpaired) electrons. The average Bonchev–Trinajstić information content (AvgIpc) is 3.76. The van der Waals surface area contributed by atoms with Gasteiger partial charge in [0, 0.05) is 28.6 Å². The molecule has 2 amide bonds. The van der Waals surface area contributed by atoms with Crippen LogP contribution in [-0.2, 0) is 11.3 Å². The minimum atomic E-state index is -0.972. The maximum Gasteiger partial charge on any atom is 0.254 e. The Balaban J connectivity index is 1.17. The monoisotopic (exact) mass is 579 g/mol. The number of nitrogens with one attached hydrogen (secondary N) is 1. The van der Waals surface area contributed by atoms with Crippen LogP contribution in [0.2, 0.25) is 0 Å². The number of carbonyl (C=O) groups is 2. The first-order valence-corrected chi connectivity index (χ1v) is 14.1. The molecular weight excluding hydrogens is 550 g/mol. The summed E-state index contributed by atoms with van der Waals surface area (Å²) >= 11 is 0. The van der Waals surface area contributed by atoms with Crippen molar-refractivity contribution in [2.45, 2.75) is 25.1 Å². The van der Waals surface area contributed by atoms with E-state index in [0.717, 1.165) is 16.7 Å². The number of amides is 2. The van der Waals surface area contributed by atoms with Gasteiger partial charge in [0.2, 0.25) is 5.91 Å². The number of furan rings is 1. The molecule has 3 heterocycles. The van der Waals surface area contributed by atoms with Crippen molar-refractivity contribution in [3.63, 3.8) is 0 Å². The van der Waals surface area contributed by atoms with Crippen LogP contribution in [0.5, 0.6) is 0 Å². The SMILES string of the molecule is [2H]c1c(CNC(=O)C2CC2c2ccc(N)nc2)oc2c(-c3ccc(F)cc3)cc(-c3ccc(C(=O)N4CC(F)C4)cc3)cc12. The van der Waals surface area contributed by atoms with E-state index in [9.17, 15) is 18.4 Å². The molecule has 7 rings (SSSR count). The van der Waals surface area contributed by atoms with Gasteiger partial charge in [-0.15, -0.1) is 0 Å². The molecule has 2 fully saturated rings. The molecule has 1 saturated carbocycles. The van der Waals surface area contributed by atoms with E-state index >= 15 is 0 Å². The van der Waals surface area contributed by atoms with Crippen LogP contribution in [0.4, 0.5) is 14.6 Å². The molecule has 1 aliphatic carbocycles. The molecule has 9 heteroatoms. The van der Waals surface area contributed by atoms with Crippen LogP contribution in [0.25, 0.3) is 33.2 Å². The Hall–Kier alpha value is -5.05. The van der Waals surface area contributed by atoms with Crippen molar-refractivity contribution in [3.8, 4) is 22.3 Å². The zero-order chi connectivity index (χ0) is 30.5. The largest absolute Gasteiger partial charge is 0.459 e. The second-order valence-electron chi connectivity index (χ2n) is 11.1. The fourth-order valence-electron chi connectivity index (χ4n) is 5.59. The lowest BCUT2D eigenvalue weighted by molar-refractivity contribution is -0.122. The van der Waals surface area contributed by atoms with Gasteiger partial charge in [0.25, 0.3) is 5.91 Å². The Morgan fingerprint density at radius 3 is 2.47 bits per heavy atom. The number of nitrogen functional groups attached to an aromatic ring is 1. The van der Waals surface area contributed by atoms with E-state index in [4.69, 9.17) is 11.5 Å². The third kappa shape index (κ3) is 5.34. The smallest absolute Gasteiger partial charge is 0.254 e. The van der Waals surface area contributed by atoms with Gasteiger partial charge >= 0.3 is 0 Å². The maximum absolute atomic E-state index is 13.8. The Bertz CT molecular complexity index is 1890. The highest BCUT2D eigenvalue weighted by Crippen LogP contribution is 2.47. The zero-order valence-corrected chi connectivity index (χ0v) is 23.0. The van der Waals surface area contributed by atoms with E-state index in [-0.39, 0.29) is 55.1 Å². The van der Waals surface area contributed by atoms with Crippen molar-refractivity contribution in [1.82, 2.24) is 15.2 Å². The summed E-state index contributed by atoms with van der Waals surface area (Å²) in [6.07, 6.45) is 1.43. The van der Waals surface area contributed by atoms with Gasteiger partial charge in [0.15, 0.2) is 0 Å². The molecule has 1 aliphatic heterocycles. The number of hydrogen-bond acceptors (Lipinski definition) is 5. The number of carbonyl (C=O) groups excluding carboxylic acids is 2. The second kappa shape index (κ2) is 10.7. The van der Waals surface area contributed by atoms with Gasteiger partial charge < -0.3 is 20.4 Å². The van der Waals surface area contributed by atoms with Crippen molar-refractivity contribution in [2.24, 2.45) is 5.92 Å². The van der Waals surface area contributed by atoms with Gasteiger partial charge in [-0.3, -0.25) is 9.59 Å². The van der Waals surface area contributed by atoms with Crippen molar-refractivity contribution < 1.29 is 24.2 Å². The van der Waals surface area contributed by atoms with Crippen LogP contribution in [0.15, 0.2) is 89.5 Å². The molecule has 43 heavy (non-hydrogen) atoms. The molecule has 2 aromatic heterocycles. The summed E-state index contributed by atoms with van der Waals surface area (Å²) < 4.78 is 42.1. The molecule has 5 aromatic rings. The second-order valence-corrected chi connectivity index (χ2v) is 11.1. The third-order valence-electron chi connectivity index (χ3n) is 8.12. The molecule has 3 aromatic carbocycles. The minimum Gasteiger partial charge on any atom is -0.459 e. The van der Waals surface area contributed by atoms with E-state index in [1.807, 2.05) is 30.3 Å². The molecule has 2 aliphatic rings. The van der Waals surface area contributed by atoms with Gasteiger partial charge in [0.05, 0.1) is 21.0 Å². The zero-order valence-electron chi connectivity index (χ0n) is 24.0. The lowest BCUT2D eigenvalue weighted by Crippen LogP contribution is -2.51. The summed E-state index contributed by atoms with van der Waals surface area (Å²) in [7, 11) is 0. The number of aromatic nitrogens is 1. The molecule has 3 N–H and O–H groups in total. The highest BCUT2D eigenvalue weighted by Gasteiger charge is 2.44. The first kappa shape index (κ1) is 25.6. The normalized spacial score (nSPS) is 18.3. The highest BCUT2D eigenvalue weighted by molar-refractivity contribution is 5.98. The van der Waals surface area contributed by atoms with E-state index in [0.29, 0.717) is 45.7 Å². The topological polar surface area (TPSA) is 101 Å². The van der Waals surface area contributed by atoms with Crippen LogP contribution >= 0.6 is 0 Å². The molecule has 2 atom stereocenters. The number of fused-ring (bicyclic) bond motifs is 1. The van der Waals surface area contributed by atoms with Crippen LogP contribution in [0, 0.1) is 11.7 Å². The van der Waals surface area contributed by atoms with Gasteiger partial charge in [-0.2, -0.15) is 0 Å². The lowest BCUT2D eigenvalue weighted by Gasteiger charge is -2.34. The number of likely N-dealkylation sites (tertiary alicyclic amines) is 1. The predicted molar refractivity (Wildman–Crippen MR) is 159 cm³/mol. The molecule has 0 spiro atoms. The van der Waals surface area contributed by atoms with Crippen LogP contribution in [-0.4, -0.2) is 41.0 Å². The van der Waals surface area contributed by atoms with Gasteiger partial charge in [-0.25, -0.2) is 13.8 Å². The number of hydrogen-bond donors (Lipinski definition) is 2. The van der Waals surface area contributed by atoms with Crippen LogP contribution in [0.3, 0.4) is 0 Å². The van der Waals surface area contributed by atoms with Crippen LogP contribution in [0.1, 0.15) is 35.4 Å². The van der Waals surface area contributed by atoms with Crippen molar-refractivity contribution in [2.75, 3.05) is 18.8 Å². The van der Waals surface area contributed by atoms with E-state index in [1.54, 1.807) is 36.5 Å². The highest BCUT2D eigenvalue weighted by atomic mass is 19.1. The average molecular weight is 580 g/mol. The lowest BCUT2D eigenvalue weighted by atomic mass is 9.96. The number of nitrogens with zero attached hydrogens (tertiary/aromatic N) is 2. The Kier molecular flexibility index (Phi) is 6.35. The number of halogens is 2. The standard InChI is InChI=1S/C34H28F2N4O3/c35-25-8-5-20(6-9-25)29-13-23(19-1-3-21(4-2-19)34(42)40-17-26(36)18-40)11-24-12-27(43-32(24)29)16-39-33(41)30-14-28(30)22-7-10-31(37)38-15-22/h1-13,15,26,28,30H,14,16-18H2,(H2,37,38)(H,39,41)/i12D. The molecule has 1 saturated heterocycles. The minimum absolute atomic E-state index is 0.0425. The summed E-state index contributed by atoms with van der Waals surface area (Å²) in [5.41, 5.74) is 10.5. The number of benzene rings is 3. The molecule has 0 bridgehead atoms. The first-order valence-electron chi connectivity index (χ1n) is 14.6. The van der Waals surface area contributed by atoms with E-state index in [1.165, 1.54) is 17.0 Å². The summed E-state index contributed by atoms with van der Waals surface area (Å²) in [6.45, 7) is 0.255.